The van der Waals surface area contributed by atoms with Gasteiger partial charge in [0.2, 0.25) is 11.9 Å². The molecule has 3 aliphatic heterocycles. The van der Waals surface area contributed by atoms with Gasteiger partial charge in [0.25, 0.3) is 11.5 Å². The Balaban J connectivity index is 1.08. The van der Waals surface area contributed by atoms with Crippen molar-refractivity contribution in [2.75, 3.05) is 30.5 Å². The molecule has 0 spiro atoms. The molecule has 69 heavy (non-hydrogen) atoms. The average Bonchev–Trinajstić information content (AvgIpc) is 4.13. The fourth-order valence-electron chi connectivity index (χ4n) is 7.89. The van der Waals surface area contributed by atoms with Crippen LogP contribution in [0.25, 0.3) is 22.3 Å². The van der Waals surface area contributed by atoms with E-state index in [0.717, 1.165) is 0 Å². The smallest absolute Gasteiger partial charge is 0.450 e. The first-order valence-corrected chi connectivity index (χ1v) is 27.2. The molecule has 8 rings (SSSR count). The Kier molecular flexibility index (Phi) is 14.6. The number of aromatic nitrogens is 8. The summed E-state index contributed by atoms with van der Waals surface area (Å²) in [5, 5.41) is 23.3. The van der Waals surface area contributed by atoms with Crippen molar-refractivity contribution < 1.29 is 51.7 Å². The number of hydrogen-bond donors (Lipinski definition) is 4. The topological polar surface area (TPSA) is 291 Å². The second-order valence-corrected chi connectivity index (χ2v) is 25.8. The number of amides is 2. The van der Waals surface area contributed by atoms with E-state index in [-0.39, 0.29) is 66.0 Å². The molecule has 1 aromatic carbocycles. The molecule has 2 bridgehead atoms. The van der Waals surface area contributed by atoms with Crippen LogP contribution in [-0.4, -0.2) is 126 Å². The third-order valence-corrected chi connectivity index (χ3v) is 19.8. The molecule has 26 heteroatoms. The fraction of sp³-hybridized carbons (Fsp3) is 0.535. The highest BCUT2D eigenvalue weighted by atomic mass is 32.2. The van der Waals surface area contributed by atoms with Gasteiger partial charge in [0.05, 0.1) is 56.3 Å². The molecule has 5 aromatic rings. The van der Waals surface area contributed by atoms with Gasteiger partial charge in [0.1, 0.15) is 29.5 Å². The third kappa shape index (κ3) is 10.1. The molecule has 4 N–H and O–H groups in total. The number of carbonyl (C=O) groups is 3. The molecular formula is C43H54N11O12PSSi. The van der Waals surface area contributed by atoms with Gasteiger partial charge in [-0.2, -0.15) is 10.2 Å². The van der Waals surface area contributed by atoms with Crippen molar-refractivity contribution in [3.8, 4) is 6.07 Å². The first kappa shape index (κ1) is 50.0. The molecule has 7 heterocycles. The Morgan fingerprint density at radius 3 is 2.49 bits per heavy atom. The lowest BCUT2D eigenvalue weighted by atomic mass is 9.96. The normalized spacial score (nSPS) is 25.0. The van der Waals surface area contributed by atoms with E-state index in [1.54, 1.807) is 53.6 Å². The number of anilines is 2. The zero-order valence-corrected chi connectivity index (χ0v) is 41.9. The molecule has 3 aliphatic rings. The monoisotopic (exact) mass is 1010 g/mol. The average molecular weight is 1010 g/mol. The quantitative estimate of drug-likeness (QED) is 0.0315. The summed E-state index contributed by atoms with van der Waals surface area (Å²) in [5.74, 6) is -1.06. The number of H-pyrrole nitrogens is 1. The number of rotatable bonds is 18. The summed E-state index contributed by atoms with van der Waals surface area (Å²) in [6.07, 6.45) is -1.17. The molecule has 368 valence electrons. The van der Waals surface area contributed by atoms with Crippen LogP contribution in [0.15, 0.2) is 54.1 Å². The molecule has 4 aromatic heterocycles. The summed E-state index contributed by atoms with van der Waals surface area (Å²) < 4.78 is 48.6. The van der Waals surface area contributed by atoms with E-state index < -0.39 is 81.4 Å². The fourth-order valence-corrected chi connectivity index (χ4v) is 12.2. The number of carboxylic acid groups (broad SMARTS) is 1. The van der Waals surface area contributed by atoms with Crippen molar-refractivity contribution >= 4 is 80.7 Å². The van der Waals surface area contributed by atoms with Crippen molar-refractivity contribution in [2.45, 2.75) is 119 Å². The standard InChI is InChI=1S/C43H54N11O12PSSi/c1-9-43-19-60-30(38(64-43)53-21-47-26-32(45-20-46-33(26)53)49-36(56)24-14-11-10-12-15-24)31(43)65-67(61-17-13-16-44)62-18-25-28(66-69(7,8)42(4,5)6)29(63-41(58)59)39(68-25)54-22-48-27-34(54)50-40(52-37(27)57)51-35(55)23(2)3/h10-12,14-15,20-23,25,28-31,38-39H,9,13,17-19H2,1-8H3,(H,58,59)(H,45,46,49,56)(H2,50,51,52,55,57)/t25-,28-,29-,30-,31+,38-,39-,43+,67?/m1/s1. The maximum absolute atomic E-state index is 13.2. The number of fused-ring (bicyclic) bond motifs is 4. The van der Waals surface area contributed by atoms with Gasteiger partial charge < -0.3 is 42.6 Å². The van der Waals surface area contributed by atoms with Crippen LogP contribution in [0.4, 0.5) is 16.6 Å². The van der Waals surface area contributed by atoms with E-state index in [1.807, 2.05) is 26.1 Å². The minimum atomic E-state index is -2.69. The number of carbonyl (C=O) groups excluding carboxylic acids is 2. The van der Waals surface area contributed by atoms with E-state index >= 15 is 0 Å². The molecule has 3 fully saturated rings. The lowest BCUT2D eigenvalue weighted by Gasteiger charge is -2.40. The van der Waals surface area contributed by atoms with Gasteiger partial charge in [0.15, 0.2) is 48.8 Å². The second-order valence-electron chi connectivity index (χ2n) is 18.5. The summed E-state index contributed by atoms with van der Waals surface area (Å²) in [6, 6.07) is 10.8. The number of hydrogen-bond acceptors (Lipinski definition) is 18. The molecule has 9 atom stereocenters. The number of thioether (sulfide) groups is 1. The molecule has 0 saturated carbocycles. The van der Waals surface area contributed by atoms with Gasteiger partial charge in [0, 0.05) is 11.5 Å². The highest BCUT2D eigenvalue weighted by molar-refractivity contribution is 8.00. The number of nitrogens with one attached hydrogen (secondary N) is 3. The minimum Gasteiger partial charge on any atom is -0.450 e. The Labute approximate surface area is 402 Å². The SMILES string of the molecule is CC[C@@]12CO[C@@H]([C@H](n3cnc4c(NC(=O)c5ccccc5)ncnc43)O1)[C@@H]2OP(OCCC#N)OC[C@H]1S[C@@H](n2cnc3c(=O)[nH]c(NC(=O)C(C)C)nc32)[C@H](OC(=O)O)[C@@H]1O[Si](C)(C)C(C)(C)C. The maximum Gasteiger partial charge on any atom is 0.506 e. The summed E-state index contributed by atoms with van der Waals surface area (Å²) in [6.45, 7) is 15.6. The van der Waals surface area contributed by atoms with Crippen LogP contribution in [0, 0.1) is 17.2 Å². The van der Waals surface area contributed by atoms with E-state index in [9.17, 15) is 29.5 Å². The van der Waals surface area contributed by atoms with Crippen LogP contribution in [-0.2, 0) is 37.0 Å². The molecular weight excluding hydrogens is 954 g/mol. The lowest BCUT2D eigenvalue weighted by molar-refractivity contribution is -0.173. The van der Waals surface area contributed by atoms with Gasteiger partial charge in [-0.25, -0.2) is 24.7 Å². The van der Waals surface area contributed by atoms with Gasteiger partial charge in [-0.1, -0.05) is 59.7 Å². The third-order valence-electron chi connectivity index (χ3n) is 12.7. The summed E-state index contributed by atoms with van der Waals surface area (Å²) in [7, 11) is -4.94. The first-order chi connectivity index (χ1) is 32.8. The van der Waals surface area contributed by atoms with Gasteiger partial charge in [-0.15, -0.1) is 11.8 Å². The predicted molar refractivity (Wildman–Crippen MR) is 254 cm³/mol. The van der Waals surface area contributed by atoms with Crippen molar-refractivity contribution in [1.29, 1.82) is 5.26 Å². The van der Waals surface area contributed by atoms with Crippen LogP contribution in [0.1, 0.15) is 76.3 Å². The largest absolute Gasteiger partial charge is 0.506 e. The van der Waals surface area contributed by atoms with Crippen LogP contribution >= 0.6 is 20.4 Å². The number of benzene rings is 1. The zero-order chi connectivity index (χ0) is 49.4. The van der Waals surface area contributed by atoms with Gasteiger partial charge in [-0.3, -0.25) is 33.8 Å². The number of imidazole rings is 2. The molecule has 1 unspecified atom stereocenters. The van der Waals surface area contributed by atoms with E-state index in [1.165, 1.54) is 24.4 Å². The Bertz CT molecular complexity index is 2800. The Morgan fingerprint density at radius 2 is 1.80 bits per heavy atom. The molecule has 0 radical (unpaired) electrons. The number of nitriles is 1. The van der Waals surface area contributed by atoms with Crippen molar-refractivity contribution in [1.82, 2.24) is 39.0 Å². The number of aromatic amines is 1. The summed E-state index contributed by atoms with van der Waals surface area (Å²) in [4.78, 5) is 76.2. The predicted octanol–water partition coefficient (Wildman–Crippen LogP) is 6.51. The maximum atomic E-state index is 13.2. The van der Waals surface area contributed by atoms with E-state index in [0.29, 0.717) is 23.1 Å². The van der Waals surface area contributed by atoms with E-state index in [2.05, 4.69) is 67.4 Å². The van der Waals surface area contributed by atoms with Crippen molar-refractivity contribution in [2.24, 2.45) is 5.92 Å². The molecule has 3 saturated heterocycles. The number of nitrogens with zero attached hydrogens (tertiary/aromatic N) is 8. The van der Waals surface area contributed by atoms with Gasteiger partial charge >= 0.3 is 14.8 Å². The molecule has 23 nitrogen and oxygen atoms in total. The summed E-state index contributed by atoms with van der Waals surface area (Å²) in [5.41, 5.74) is -0.403. The van der Waals surface area contributed by atoms with E-state index in [4.69, 9.17) is 32.2 Å². The van der Waals surface area contributed by atoms with Gasteiger partial charge in [-0.05, 0) is 36.7 Å². The highest BCUT2D eigenvalue weighted by Gasteiger charge is 2.63. The Hall–Kier alpha value is -5.42. The number of ether oxygens (including phenoxy) is 3. The van der Waals surface area contributed by atoms with Crippen molar-refractivity contribution in [3.63, 3.8) is 0 Å². The lowest BCUT2D eigenvalue weighted by Crippen LogP contribution is -2.50. The Morgan fingerprint density at radius 1 is 1.06 bits per heavy atom. The zero-order valence-electron chi connectivity index (χ0n) is 39.1. The van der Waals surface area contributed by atoms with Crippen LogP contribution in [0.3, 0.4) is 0 Å². The minimum absolute atomic E-state index is 0.0312. The second kappa shape index (κ2) is 20.1. The molecule has 0 aliphatic carbocycles. The van der Waals surface area contributed by atoms with Crippen molar-refractivity contribution in [3.05, 3.63) is 65.2 Å². The van der Waals surface area contributed by atoms with Crippen LogP contribution in [0.5, 0.6) is 0 Å². The van der Waals surface area contributed by atoms with Crippen LogP contribution < -0.4 is 16.2 Å². The van der Waals surface area contributed by atoms with Crippen LogP contribution in [0.2, 0.25) is 18.1 Å². The molecule has 2 amide bonds. The summed E-state index contributed by atoms with van der Waals surface area (Å²) >= 11 is 1.27. The first-order valence-electron chi connectivity index (χ1n) is 22.3. The highest BCUT2D eigenvalue weighted by Crippen LogP contribution is 2.56.